The second-order valence-electron chi connectivity index (χ2n) is 7.47. The predicted molar refractivity (Wildman–Crippen MR) is 108 cm³/mol. The van der Waals surface area contributed by atoms with Gasteiger partial charge >= 0.3 is 0 Å². The van der Waals surface area contributed by atoms with Crippen LogP contribution in [0.3, 0.4) is 0 Å². The Bertz CT molecular complexity index is 617. The highest BCUT2D eigenvalue weighted by Crippen LogP contribution is 2.10. The van der Waals surface area contributed by atoms with Crippen LogP contribution in [0, 0.1) is 0 Å². The van der Waals surface area contributed by atoms with Crippen molar-refractivity contribution in [3.05, 3.63) is 30.3 Å². The maximum atomic E-state index is 12.1. The van der Waals surface area contributed by atoms with Crippen molar-refractivity contribution in [2.75, 3.05) is 65.5 Å². The molecule has 2 heterocycles. The molecule has 1 aromatic carbocycles. The van der Waals surface area contributed by atoms with Crippen LogP contribution < -0.4 is 10.1 Å². The zero-order chi connectivity index (χ0) is 19.6. The van der Waals surface area contributed by atoms with Gasteiger partial charge in [0.15, 0.2) is 0 Å². The van der Waals surface area contributed by atoms with Crippen molar-refractivity contribution in [1.82, 2.24) is 20.0 Å². The highest BCUT2D eigenvalue weighted by atomic mass is 16.5. The summed E-state index contributed by atoms with van der Waals surface area (Å²) in [5.41, 5.74) is 0. The molecule has 7 nitrogen and oxygen atoms in total. The standard InChI is InChI=1S/C21H32N4O3/c26-20(22-9-5-11-25-10-4-8-21(25)27)18-24-14-12-23(13-15-24)16-17-28-19-6-2-1-3-7-19/h1-3,6-7H,4-5,8-18H2,(H,22,26). The van der Waals surface area contributed by atoms with Crippen LogP contribution in [0.25, 0.3) is 0 Å². The van der Waals surface area contributed by atoms with E-state index in [9.17, 15) is 9.59 Å². The Labute approximate surface area is 167 Å². The van der Waals surface area contributed by atoms with Crippen molar-refractivity contribution in [1.29, 1.82) is 0 Å². The quantitative estimate of drug-likeness (QED) is 0.601. The summed E-state index contributed by atoms with van der Waals surface area (Å²) in [6, 6.07) is 9.88. The number of nitrogens with zero attached hydrogens (tertiary/aromatic N) is 3. The van der Waals surface area contributed by atoms with Gasteiger partial charge in [0.2, 0.25) is 11.8 Å². The van der Waals surface area contributed by atoms with E-state index in [-0.39, 0.29) is 11.8 Å². The average molecular weight is 389 g/mol. The molecule has 154 valence electrons. The lowest BCUT2D eigenvalue weighted by atomic mass is 10.3. The second-order valence-corrected chi connectivity index (χ2v) is 7.47. The lowest BCUT2D eigenvalue weighted by molar-refractivity contribution is -0.127. The minimum atomic E-state index is 0.0774. The van der Waals surface area contributed by atoms with Gasteiger partial charge in [0.1, 0.15) is 12.4 Å². The number of rotatable bonds is 10. The molecule has 3 rings (SSSR count). The van der Waals surface area contributed by atoms with E-state index in [4.69, 9.17) is 4.74 Å². The van der Waals surface area contributed by atoms with Gasteiger partial charge in [0.05, 0.1) is 6.54 Å². The van der Waals surface area contributed by atoms with E-state index < -0.39 is 0 Å². The SMILES string of the molecule is O=C(CN1CCN(CCOc2ccccc2)CC1)NCCCN1CCCC1=O. The number of amides is 2. The van der Waals surface area contributed by atoms with Gasteiger partial charge in [-0.15, -0.1) is 0 Å². The Kier molecular flexibility index (Phi) is 8.11. The normalized spacial score (nSPS) is 18.4. The fourth-order valence-corrected chi connectivity index (χ4v) is 3.68. The van der Waals surface area contributed by atoms with Gasteiger partial charge in [0, 0.05) is 58.8 Å². The highest BCUT2D eigenvalue weighted by molar-refractivity contribution is 5.78. The van der Waals surface area contributed by atoms with Gasteiger partial charge in [-0.3, -0.25) is 19.4 Å². The van der Waals surface area contributed by atoms with Crippen molar-refractivity contribution >= 4 is 11.8 Å². The van der Waals surface area contributed by atoms with Gasteiger partial charge in [-0.2, -0.15) is 0 Å². The highest BCUT2D eigenvalue weighted by Gasteiger charge is 2.20. The van der Waals surface area contributed by atoms with Gasteiger partial charge in [-0.1, -0.05) is 18.2 Å². The summed E-state index contributed by atoms with van der Waals surface area (Å²) in [5, 5.41) is 2.98. The Morgan fingerprint density at radius 3 is 2.46 bits per heavy atom. The van der Waals surface area contributed by atoms with E-state index in [1.54, 1.807) is 0 Å². The molecule has 0 atom stereocenters. The molecular formula is C21H32N4O3. The first kappa shape index (κ1) is 20.6. The molecule has 2 aliphatic heterocycles. The summed E-state index contributed by atoms with van der Waals surface area (Å²) >= 11 is 0. The number of hydrogen-bond acceptors (Lipinski definition) is 5. The van der Waals surface area contributed by atoms with Crippen LogP contribution in [0.2, 0.25) is 0 Å². The molecule has 0 aliphatic carbocycles. The molecule has 1 aromatic rings. The van der Waals surface area contributed by atoms with E-state index in [2.05, 4.69) is 15.1 Å². The molecule has 0 unspecified atom stereocenters. The van der Waals surface area contributed by atoms with E-state index in [0.29, 0.717) is 26.1 Å². The maximum absolute atomic E-state index is 12.1. The summed E-state index contributed by atoms with van der Waals surface area (Å²) in [4.78, 5) is 30.1. The number of para-hydroxylation sites is 1. The van der Waals surface area contributed by atoms with E-state index >= 15 is 0 Å². The summed E-state index contributed by atoms with van der Waals surface area (Å²) < 4.78 is 5.75. The first-order valence-corrected chi connectivity index (χ1v) is 10.4. The second kappa shape index (κ2) is 11.0. The van der Waals surface area contributed by atoms with Crippen molar-refractivity contribution in [2.45, 2.75) is 19.3 Å². The first-order valence-electron chi connectivity index (χ1n) is 10.4. The molecule has 28 heavy (non-hydrogen) atoms. The molecular weight excluding hydrogens is 356 g/mol. The van der Waals surface area contributed by atoms with Gasteiger partial charge < -0.3 is 15.0 Å². The maximum Gasteiger partial charge on any atom is 0.234 e. The third-order valence-electron chi connectivity index (χ3n) is 5.35. The van der Waals surface area contributed by atoms with E-state index in [0.717, 1.165) is 64.4 Å². The summed E-state index contributed by atoms with van der Waals surface area (Å²) in [7, 11) is 0. The number of hydrogen-bond donors (Lipinski definition) is 1. The number of likely N-dealkylation sites (tertiary alicyclic amines) is 1. The van der Waals surface area contributed by atoms with Gasteiger partial charge in [-0.05, 0) is 25.0 Å². The largest absolute Gasteiger partial charge is 0.492 e. The zero-order valence-electron chi connectivity index (χ0n) is 16.6. The van der Waals surface area contributed by atoms with Gasteiger partial charge in [-0.25, -0.2) is 0 Å². The fraction of sp³-hybridized carbons (Fsp3) is 0.619. The third kappa shape index (κ3) is 6.80. The predicted octanol–water partition coefficient (Wildman–Crippen LogP) is 0.812. The molecule has 0 radical (unpaired) electrons. The van der Waals surface area contributed by atoms with Crippen LogP contribution >= 0.6 is 0 Å². The third-order valence-corrected chi connectivity index (χ3v) is 5.35. The summed E-state index contributed by atoms with van der Waals surface area (Å²) in [6.45, 7) is 8.04. The molecule has 0 spiro atoms. The first-order chi connectivity index (χ1) is 13.7. The Hall–Kier alpha value is -2.12. The summed E-state index contributed by atoms with van der Waals surface area (Å²) in [6.07, 6.45) is 2.47. The Morgan fingerprint density at radius 1 is 1.00 bits per heavy atom. The van der Waals surface area contributed by atoms with Crippen LogP contribution in [-0.2, 0) is 9.59 Å². The molecule has 0 saturated carbocycles. The topological polar surface area (TPSA) is 65.1 Å². The number of piperazine rings is 1. The molecule has 2 fully saturated rings. The van der Waals surface area contributed by atoms with Gasteiger partial charge in [0.25, 0.3) is 0 Å². The Morgan fingerprint density at radius 2 is 1.75 bits per heavy atom. The summed E-state index contributed by atoms with van der Waals surface area (Å²) in [5.74, 6) is 1.24. The molecule has 7 heteroatoms. The molecule has 1 N–H and O–H groups in total. The number of carbonyl (C=O) groups is 2. The smallest absolute Gasteiger partial charge is 0.234 e. The van der Waals surface area contributed by atoms with Crippen molar-refractivity contribution in [3.63, 3.8) is 0 Å². The van der Waals surface area contributed by atoms with Crippen LogP contribution in [0.4, 0.5) is 0 Å². The number of ether oxygens (including phenoxy) is 1. The lowest BCUT2D eigenvalue weighted by Crippen LogP contribution is -2.50. The molecule has 0 bridgehead atoms. The molecule has 2 amide bonds. The minimum Gasteiger partial charge on any atom is -0.492 e. The van der Waals surface area contributed by atoms with Crippen LogP contribution in [-0.4, -0.2) is 92.0 Å². The molecule has 0 aromatic heterocycles. The fourth-order valence-electron chi connectivity index (χ4n) is 3.68. The number of benzene rings is 1. The number of nitrogens with one attached hydrogen (secondary N) is 1. The van der Waals surface area contributed by atoms with E-state index in [1.165, 1.54) is 0 Å². The molecule has 2 saturated heterocycles. The van der Waals surface area contributed by atoms with Crippen molar-refractivity contribution in [2.24, 2.45) is 0 Å². The average Bonchev–Trinajstić information content (AvgIpc) is 3.12. The zero-order valence-corrected chi connectivity index (χ0v) is 16.6. The lowest BCUT2D eigenvalue weighted by Gasteiger charge is -2.34. The minimum absolute atomic E-state index is 0.0774. The van der Waals surface area contributed by atoms with Crippen LogP contribution in [0.1, 0.15) is 19.3 Å². The van der Waals surface area contributed by atoms with E-state index in [1.807, 2.05) is 35.2 Å². The molecule has 2 aliphatic rings. The van der Waals surface area contributed by atoms with Crippen molar-refractivity contribution in [3.8, 4) is 5.75 Å². The van der Waals surface area contributed by atoms with Crippen molar-refractivity contribution < 1.29 is 14.3 Å². The Balaban J connectivity index is 1.21. The van der Waals surface area contributed by atoms with Crippen LogP contribution in [0.5, 0.6) is 5.75 Å². The number of carbonyl (C=O) groups excluding carboxylic acids is 2. The monoisotopic (exact) mass is 388 g/mol. The van der Waals surface area contributed by atoms with Crippen LogP contribution in [0.15, 0.2) is 30.3 Å².